The van der Waals surface area contributed by atoms with E-state index in [1.807, 2.05) is 0 Å². The molecule has 98 heavy (non-hydrogen) atoms. The second-order valence-electron chi connectivity index (χ2n) is 25.5. The molecule has 0 fully saturated rings. The normalized spacial score (nSPS) is 14.5. The van der Waals surface area contributed by atoms with Crippen LogP contribution in [0, 0.1) is 0 Å². The molecule has 17 nitrogen and oxygen atoms in total. The SMILES string of the molecule is CC/C=C\C/C=C\C/C=C\C/C=C\CCCCCCC(=O)OCC(COP(=O)(O)OCC(O)COP(=O)(O)OCC(COC(=O)CCCCCCCCC/C=C\C/C=C\C/C=C\CC)OC(=O)CCCCCCC/C=C\CCCCCC)OC(=O)CCCCCCCCCCCCC. The summed E-state index contributed by atoms with van der Waals surface area (Å²) >= 11 is 0. The minimum Gasteiger partial charge on any atom is -0.462 e. The van der Waals surface area contributed by atoms with Crippen LogP contribution in [0.1, 0.15) is 323 Å². The number of carbonyl (C=O) groups is 4. The first-order valence-corrected chi connectivity index (χ1v) is 41.5. The van der Waals surface area contributed by atoms with Gasteiger partial charge in [-0.15, -0.1) is 0 Å². The Labute approximate surface area is 595 Å². The van der Waals surface area contributed by atoms with E-state index >= 15 is 0 Å². The third-order valence-electron chi connectivity index (χ3n) is 16.0. The number of rotatable bonds is 72. The van der Waals surface area contributed by atoms with Crippen molar-refractivity contribution < 1.29 is 80.2 Å². The maximum atomic E-state index is 13.1. The summed E-state index contributed by atoms with van der Waals surface area (Å²) < 4.78 is 68.4. The Morgan fingerprint density at radius 3 is 0.837 bits per heavy atom. The van der Waals surface area contributed by atoms with Crippen molar-refractivity contribution in [2.75, 3.05) is 39.6 Å². The van der Waals surface area contributed by atoms with Gasteiger partial charge in [0, 0.05) is 25.7 Å². The summed E-state index contributed by atoms with van der Waals surface area (Å²) in [4.78, 5) is 72.8. The summed E-state index contributed by atoms with van der Waals surface area (Å²) in [6.07, 6.45) is 74.0. The molecular weight excluding hydrogens is 1280 g/mol. The first-order chi connectivity index (χ1) is 47.7. The van der Waals surface area contributed by atoms with Gasteiger partial charge in [0.05, 0.1) is 26.4 Å². The molecule has 0 aliphatic carbocycles. The van der Waals surface area contributed by atoms with E-state index in [4.69, 9.17) is 37.0 Å². The number of ether oxygens (including phenoxy) is 4. The van der Waals surface area contributed by atoms with E-state index in [-0.39, 0.29) is 25.7 Å². The van der Waals surface area contributed by atoms with Crippen molar-refractivity contribution in [1.29, 1.82) is 0 Å². The van der Waals surface area contributed by atoms with Crippen LogP contribution >= 0.6 is 15.6 Å². The second-order valence-corrected chi connectivity index (χ2v) is 28.4. The van der Waals surface area contributed by atoms with Crippen LogP contribution in [-0.2, 0) is 65.4 Å². The fourth-order valence-electron chi connectivity index (χ4n) is 10.2. The highest BCUT2D eigenvalue weighted by atomic mass is 31.2. The fourth-order valence-corrected chi connectivity index (χ4v) is 11.8. The van der Waals surface area contributed by atoms with E-state index in [1.54, 1.807) is 0 Å². The molecule has 0 saturated heterocycles. The molecule has 566 valence electrons. The van der Waals surface area contributed by atoms with Crippen LogP contribution < -0.4 is 0 Å². The van der Waals surface area contributed by atoms with E-state index in [2.05, 4.69) is 125 Å². The molecular formula is C79H138O17P2. The third kappa shape index (κ3) is 70.4. The zero-order chi connectivity index (χ0) is 71.8. The Kier molecular flexibility index (Phi) is 68.4. The number of aliphatic hydroxyl groups excluding tert-OH is 1. The van der Waals surface area contributed by atoms with Crippen LogP contribution in [-0.4, -0.2) is 96.7 Å². The van der Waals surface area contributed by atoms with Crippen LogP contribution in [0.4, 0.5) is 0 Å². The summed E-state index contributed by atoms with van der Waals surface area (Å²) in [5.74, 6) is -2.21. The lowest BCUT2D eigenvalue weighted by Gasteiger charge is -2.21. The van der Waals surface area contributed by atoms with Gasteiger partial charge >= 0.3 is 39.5 Å². The average Bonchev–Trinajstić information content (AvgIpc) is 0.985. The van der Waals surface area contributed by atoms with E-state index in [9.17, 15) is 43.2 Å². The molecule has 0 aromatic heterocycles. The Morgan fingerprint density at radius 1 is 0.296 bits per heavy atom. The van der Waals surface area contributed by atoms with Gasteiger partial charge in [-0.05, 0) is 122 Å². The first-order valence-electron chi connectivity index (χ1n) is 38.5. The van der Waals surface area contributed by atoms with Gasteiger partial charge in [-0.25, -0.2) is 9.13 Å². The molecule has 0 bridgehead atoms. The van der Waals surface area contributed by atoms with Gasteiger partial charge in [-0.1, -0.05) is 273 Å². The number of phosphoric acid groups is 2. The fraction of sp³-hybridized carbons (Fsp3) is 0.747. The van der Waals surface area contributed by atoms with Crippen LogP contribution in [0.2, 0.25) is 0 Å². The number of phosphoric ester groups is 2. The molecule has 0 aliphatic rings. The van der Waals surface area contributed by atoms with Gasteiger partial charge in [-0.2, -0.15) is 0 Å². The lowest BCUT2D eigenvalue weighted by Crippen LogP contribution is -2.30. The molecule has 5 unspecified atom stereocenters. The van der Waals surface area contributed by atoms with E-state index in [0.29, 0.717) is 25.7 Å². The Bertz CT molecular complexity index is 2240. The highest BCUT2D eigenvalue weighted by molar-refractivity contribution is 7.47. The molecule has 0 saturated carbocycles. The number of esters is 4. The van der Waals surface area contributed by atoms with E-state index < -0.39 is 97.5 Å². The van der Waals surface area contributed by atoms with Gasteiger partial charge < -0.3 is 33.8 Å². The number of hydrogen-bond donors (Lipinski definition) is 3. The quantitative estimate of drug-likeness (QED) is 0.0169. The topological polar surface area (TPSA) is 237 Å². The summed E-state index contributed by atoms with van der Waals surface area (Å²) in [6.45, 7) is 4.60. The van der Waals surface area contributed by atoms with Crippen LogP contribution in [0.3, 0.4) is 0 Å². The van der Waals surface area contributed by atoms with Crippen LogP contribution in [0.15, 0.2) is 97.2 Å². The van der Waals surface area contributed by atoms with Crippen LogP contribution in [0.25, 0.3) is 0 Å². The lowest BCUT2D eigenvalue weighted by molar-refractivity contribution is -0.161. The van der Waals surface area contributed by atoms with Gasteiger partial charge in [0.2, 0.25) is 0 Å². The standard InChI is InChI=1S/C79H138O17P2/c1-5-9-13-17-21-25-29-32-34-36-38-41-44-47-51-55-59-63-76(81)89-69-74(95-78(83)65-61-57-53-49-43-28-24-20-16-12-8-4)71-93-97(85,86)91-67-73(80)68-92-98(87,88)94-72-75(96-79(84)66-62-58-54-50-46-40-31-27-23-19-15-11-7-3)70-90-77(82)64-60-56-52-48-45-42-39-37-35-33-30-26-22-18-14-10-6-2/h9-10,13-14,21-22,25-27,31-35,38,41,73-75,80H,5-8,11-12,15-20,23-24,28-30,36-37,39-40,42-72H2,1-4H3,(H,85,86)(H,87,88)/b13-9-,14-10-,25-21-,26-22-,31-27-,34-32-,35-33-,41-38-. The zero-order valence-electron chi connectivity index (χ0n) is 61.7. The minimum absolute atomic E-state index is 0.0831. The van der Waals surface area contributed by atoms with Gasteiger partial charge in [0.15, 0.2) is 12.2 Å². The number of allylic oxidation sites excluding steroid dienone is 16. The molecule has 19 heteroatoms. The molecule has 0 aromatic carbocycles. The van der Waals surface area contributed by atoms with Gasteiger partial charge in [0.1, 0.15) is 19.3 Å². The van der Waals surface area contributed by atoms with Crippen molar-refractivity contribution in [1.82, 2.24) is 0 Å². The Morgan fingerprint density at radius 2 is 0.531 bits per heavy atom. The zero-order valence-corrected chi connectivity index (χ0v) is 63.5. The second kappa shape index (κ2) is 71.4. The highest BCUT2D eigenvalue weighted by Gasteiger charge is 2.30. The molecule has 0 radical (unpaired) electrons. The van der Waals surface area contributed by atoms with Crippen molar-refractivity contribution in [3.63, 3.8) is 0 Å². The van der Waals surface area contributed by atoms with Gasteiger partial charge in [0.25, 0.3) is 0 Å². The monoisotopic (exact) mass is 1420 g/mol. The third-order valence-corrected chi connectivity index (χ3v) is 17.9. The molecule has 0 aliphatic heterocycles. The largest absolute Gasteiger partial charge is 0.472 e. The summed E-state index contributed by atoms with van der Waals surface area (Å²) in [7, 11) is -9.95. The number of unbranched alkanes of at least 4 members (excludes halogenated alkanes) is 30. The molecule has 0 spiro atoms. The van der Waals surface area contributed by atoms with E-state index in [1.165, 1.54) is 64.2 Å². The summed E-state index contributed by atoms with van der Waals surface area (Å²) in [5, 5.41) is 10.6. The maximum absolute atomic E-state index is 13.1. The van der Waals surface area contributed by atoms with Crippen molar-refractivity contribution in [3.05, 3.63) is 97.2 Å². The first kappa shape index (κ1) is 94.0. The molecule has 0 aromatic rings. The van der Waals surface area contributed by atoms with Crippen molar-refractivity contribution in [2.45, 2.75) is 341 Å². The maximum Gasteiger partial charge on any atom is 0.472 e. The predicted molar refractivity (Wildman–Crippen MR) is 399 cm³/mol. The molecule has 5 atom stereocenters. The highest BCUT2D eigenvalue weighted by Crippen LogP contribution is 2.45. The number of carbonyl (C=O) groups excluding carboxylic acids is 4. The van der Waals surface area contributed by atoms with Crippen LogP contribution in [0.5, 0.6) is 0 Å². The van der Waals surface area contributed by atoms with Crippen molar-refractivity contribution in [2.24, 2.45) is 0 Å². The van der Waals surface area contributed by atoms with E-state index in [0.717, 1.165) is 180 Å². The number of aliphatic hydroxyl groups is 1. The Balaban J connectivity index is 5.32. The molecule has 0 heterocycles. The predicted octanol–water partition coefficient (Wildman–Crippen LogP) is 22.0. The smallest absolute Gasteiger partial charge is 0.462 e. The minimum atomic E-state index is -4.98. The number of hydrogen-bond acceptors (Lipinski definition) is 15. The van der Waals surface area contributed by atoms with Crippen molar-refractivity contribution >= 4 is 39.5 Å². The van der Waals surface area contributed by atoms with Crippen molar-refractivity contribution in [3.8, 4) is 0 Å². The Hall–Kier alpha value is -4.02. The molecule has 0 amide bonds. The molecule has 3 N–H and O–H groups in total. The summed E-state index contributed by atoms with van der Waals surface area (Å²) in [6, 6.07) is 0. The average molecular weight is 1420 g/mol. The molecule has 0 rings (SSSR count). The lowest BCUT2D eigenvalue weighted by atomic mass is 10.1. The van der Waals surface area contributed by atoms with Gasteiger partial charge in [-0.3, -0.25) is 37.3 Å². The summed E-state index contributed by atoms with van der Waals surface area (Å²) in [5.41, 5.74) is 0.